The van der Waals surface area contributed by atoms with Crippen LogP contribution in [0.5, 0.6) is 0 Å². The van der Waals surface area contributed by atoms with Crippen LogP contribution in [0.1, 0.15) is 56.6 Å². The molecule has 0 aliphatic heterocycles. The van der Waals surface area contributed by atoms with Gasteiger partial charge >= 0.3 is 0 Å². The molecule has 3 heteroatoms. The summed E-state index contributed by atoms with van der Waals surface area (Å²) in [6.07, 6.45) is 11.7. The van der Waals surface area contributed by atoms with Crippen LogP contribution in [-0.4, -0.2) is 0 Å². The maximum atomic E-state index is 14.8. The van der Waals surface area contributed by atoms with E-state index in [0.717, 1.165) is 42.0 Å². The Bertz CT molecular complexity index is 889. The van der Waals surface area contributed by atoms with Gasteiger partial charge in [-0.3, -0.25) is 0 Å². The number of halogens is 3. The van der Waals surface area contributed by atoms with Gasteiger partial charge in [0.05, 0.1) is 0 Å². The molecule has 0 saturated heterocycles. The topological polar surface area (TPSA) is 0 Å². The third-order valence-corrected chi connectivity index (χ3v) is 6.57. The minimum atomic E-state index is -0.949. The van der Waals surface area contributed by atoms with Crippen LogP contribution in [0.25, 0.3) is 11.1 Å². The lowest BCUT2D eigenvalue weighted by Gasteiger charge is -2.32. The molecule has 0 spiro atoms. The highest BCUT2D eigenvalue weighted by atomic mass is 19.2. The van der Waals surface area contributed by atoms with E-state index in [-0.39, 0.29) is 5.82 Å². The van der Waals surface area contributed by atoms with E-state index >= 15 is 0 Å². The average molecular weight is 384 g/mol. The largest absolute Gasteiger partial charge is 0.206 e. The second-order valence-electron chi connectivity index (χ2n) is 8.40. The molecule has 1 saturated carbocycles. The standard InChI is InChI=1S/C25H27F3/c1-2-3-16-4-6-17(7-5-16)18-8-9-19-13-22(24(27)15-21(19)12-18)20-10-11-23(26)25(28)14-20/h8,10-11,13-17H,2-7,9,12H2,1H3. The predicted octanol–water partition coefficient (Wildman–Crippen LogP) is 7.40. The first-order valence-electron chi connectivity index (χ1n) is 10.5. The van der Waals surface area contributed by atoms with E-state index in [0.29, 0.717) is 17.0 Å². The van der Waals surface area contributed by atoms with Crippen LogP contribution in [0.4, 0.5) is 13.2 Å². The second-order valence-corrected chi connectivity index (χ2v) is 8.40. The Morgan fingerprint density at radius 1 is 0.857 bits per heavy atom. The van der Waals surface area contributed by atoms with Crippen LogP contribution in [0.3, 0.4) is 0 Å². The first-order valence-corrected chi connectivity index (χ1v) is 10.5. The molecule has 2 aromatic carbocycles. The zero-order chi connectivity index (χ0) is 19.7. The van der Waals surface area contributed by atoms with E-state index in [9.17, 15) is 13.2 Å². The summed E-state index contributed by atoms with van der Waals surface area (Å²) in [5.74, 6) is -0.708. The van der Waals surface area contributed by atoms with Crippen molar-refractivity contribution >= 4 is 0 Å². The van der Waals surface area contributed by atoms with Crippen molar-refractivity contribution in [3.8, 4) is 11.1 Å². The minimum absolute atomic E-state index is 0.342. The van der Waals surface area contributed by atoms with Gasteiger partial charge < -0.3 is 0 Å². The highest BCUT2D eigenvalue weighted by molar-refractivity contribution is 5.66. The quantitative estimate of drug-likeness (QED) is 0.482. The van der Waals surface area contributed by atoms with Crippen LogP contribution in [0, 0.1) is 29.3 Å². The summed E-state index contributed by atoms with van der Waals surface area (Å²) in [5.41, 5.74) is 4.31. The summed E-state index contributed by atoms with van der Waals surface area (Å²) in [5, 5.41) is 0. The van der Waals surface area contributed by atoms with Gasteiger partial charge in [0.25, 0.3) is 0 Å². The molecule has 1 fully saturated rings. The van der Waals surface area contributed by atoms with E-state index in [4.69, 9.17) is 0 Å². The highest BCUT2D eigenvalue weighted by Crippen LogP contribution is 2.39. The molecular formula is C25H27F3. The van der Waals surface area contributed by atoms with Gasteiger partial charge in [-0.15, -0.1) is 0 Å². The monoisotopic (exact) mass is 384 g/mol. The third-order valence-electron chi connectivity index (χ3n) is 6.57. The molecule has 148 valence electrons. The molecular weight excluding hydrogens is 357 g/mol. The predicted molar refractivity (Wildman–Crippen MR) is 108 cm³/mol. The van der Waals surface area contributed by atoms with Gasteiger partial charge in [0, 0.05) is 5.56 Å². The van der Waals surface area contributed by atoms with Crippen molar-refractivity contribution in [2.75, 3.05) is 0 Å². The Labute approximate surface area is 165 Å². The van der Waals surface area contributed by atoms with Gasteiger partial charge in [-0.2, -0.15) is 0 Å². The Hall–Kier alpha value is -2.03. The molecule has 0 amide bonds. The maximum absolute atomic E-state index is 14.8. The van der Waals surface area contributed by atoms with Crippen molar-refractivity contribution in [2.45, 2.75) is 58.3 Å². The zero-order valence-electron chi connectivity index (χ0n) is 16.4. The molecule has 2 aromatic rings. The van der Waals surface area contributed by atoms with Crippen LogP contribution in [0.15, 0.2) is 42.0 Å². The fraction of sp³-hybridized carbons (Fsp3) is 0.440. The first kappa shape index (κ1) is 19.3. The van der Waals surface area contributed by atoms with E-state index in [1.165, 1.54) is 50.2 Å². The number of hydrogen-bond acceptors (Lipinski definition) is 0. The first-order chi connectivity index (χ1) is 13.5. The smallest absolute Gasteiger partial charge is 0.159 e. The molecule has 0 bridgehead atoms. The lowest BCUT2D eigenvalue weighted by atomic mass is 9.74. The normalized spacial score (nSPS) is 21.9. The Kier molecular flexibility index (Phi) is 5.61. The summed E-state index contributed by atoms with van der Waals surface area (Å²) in [7, 11) is 0. The Balaban J connectivity index is 1.52. The maximum Gasteiger partial charge on any atom is 0.159 e. The fourth-order valence-corrected chi connectivity index (χ4v) is 4.97. The van der Waals surface area contributed by atoms with Gasteiger partial charge in [-0.05, 0) is 91.3 Å². The summed E-state index contributed by atoms with van der Waals surface area (Å²) >= 11 is 0. The van der Waals surface area contributed by atoms with Crippen molar-refractivity contribution in [1.82, 2.24) is 0 Å². The summed E-state index contributed by atoms with van der Waals surface area (Å²) in [4.78, 5) is 0. The summed E-state index contributed by atoms with van der Waals surface area (Å²) < 4.78 is 41.5. The molecule has 2 aliphatic carbocycles. The molecule has 2 aliphatic rings. The van der Waals surface area contributed by atoms with E-state index < -0.39 is 11.6 Å². The minimum Gasteiger partial charge on any atom is -0.206 e. The average Bonchev–Trinajstić information content (AvgIpc) is 2.70. The van der Waals surface area contributed by atoms with Gasteiger partial charge in [0.15, 0.2) is 11.6 Å². The van der Waals surface area contributed by atoms with E-state index in [2.05, 4.69) is 13.0 Å². The molecule has 28 heavy (non-hydrogen) atoms. The number of hydrogen-bond donors (Lipinski definition) is 0. The van der Waals surface area contributed by atoms with Gasteiger partial charge in [0.1, 0.15) is 5.82 Å². The van der Waals surface area contributed by atoms with Crippen LogP contribution >= 0.6 is 0 Å². The Morgan fingerprint density at radius 3 is 2.36 bits per heavy atom. The molecule has 0 N–H and O–H groups in total. The van der Waals surface area contributed by atoms with Gasteiger partial charge in [0.2, 0.25) is 0 Å². The second kappa shape index (κ2) is 8.14. The summed E-state index contributed by atoms with van der Waals surface area (Å²) in [6, 6.07) is 6.96. The molecule has 4 rings (SSSR count). The van der Waals surface area contributed by atoms with Crippen molar-refractivity contribution in [3.63, 3.8) is 0 Å². The van der Waals surface area contributed by atoms with Gasteiger partial charge in [-0.1, -0.05) is 37.5 Å². The zero-order valence-corrected chi connectivity index (χ0v) is 16.4. The highest BCUT2D eigenvalue weighted by Gasteiger charge is 2.26. The fourth-order valence-electron chi connectivity index (χ4n) is 4.97. The van der Waals surface area contributed by atoms with Crippen LogP contribution < -0.4 is 0 Å². The van der Waals surface area contributed by atoms with Gasteiger partial charge in [-0.25, -0.2) is 13.2 Å². The van der Waals surface area contributed by atoms with Crippen molar-refractivity contribution in [2.24, 2.45) is 11.8 Å². The lowest BCUT2D eigenvalue weighted by Crippen LogP contribution is -2.19. The molecule has 0 heterocycles. The molecule has 0 radical (unpaired) electrons. The van der Waals surface area contributed by atoms with Crippen molar-refractivity contribution < 1.29 is 13.2 Å². The number of allylic oxidation sites excluding steroid dienone is 2. The summed E-state index contributed by atoms with van der Waals surface area (Å²) in [6.45, 7) is 2.26. The van der Waals surface area contributed by atoms with Crippen LogP contribution in [0.2, 0.25) is 0 Å². The number of benzene rings is 2. The lowest BCUT2D eigenvalue weighted by molar-refractivity contribution is 0.283. The van der Waals surface area contributed by atoms with E-state index in [1.807, 2.05) is 6.07 Å². The molecule has 0 nitrogen and oxygen atoms in total. The van der Waals surface area contributed by atoms with Crippen molar-refractivity contribution in [3.05, 3.63) is 70.6 Å². The third kappa shape index (κ3) is 3.90. The molecule has 0 aromatic heterocycles. The molecule has 0 atom stereocenters. The number of fused-ring (bicyclic) bond motifs is 1. The SMILES string of the molecule is CCCC1CCC(C2=CCc3cc(-c4ccc(F)c(F)c4)c(F)cc3C2)CC1. The van der Waals surface area contributed by atoms with Crippen LogP contribution in [-0.2, 0) is 12.8 Å². The Morgan fingerprint density at radius 2 is 1.64 bits per heavy atom. The van der Waals surface area contributed by atoms with Crippen molar-refractivity contribution in [1.29, 1.82) is 0 Å². The number of rotatable bonds is 4. The molecule has 0 unspecified atom stereocenters. The van der Waals surface area contributed by atoms with E-state index in [1.54, 1.807) is 6.07 Å².